The summed E-state index contributed by atoms with van der Waals surface area (Å²) in [5.74, 6) is -6.55. The topological polar surface area (TPSA) is 111 Å². The lowest BCUT2D eigenvalue weighted by molar-refractivity contribution is 0.262. The van der Waals surface area contributed by atoms with Gasteiger partial charge in [-0.25, -0.2) is 37.3 Å². The maximum atomic E-state index is 14.1. The van der Waals surface area contributed by atoms with E-state index in [9.17, 15) is 22.4 Å². The molecule has 158 valence electrons. The van der Waals surface area contributed by atoms with E-state index in [1.807, 2.05) is 5.32 Å². The van der Waals surface area contributed by atoms with Crippen LogP contribution >= 0.6 is 0 Å². The van der Waals surface area contributed by atoms with Crippen molar-refractivity contribution < 1.29 is 22.4 Å². The van der Waals surface area contributed by atoms with E-state index in [1.165, 1.54) is 24.8 Å². The number of carbonyl (C=O) groups excluding carboxylic acids is 1. The van der Waals surface area contributed by atoms with Crippen LogP contribution in [-0.4, -0.2) is 25.6 Å². The minimum absolute atomic E-state index is 0.227. The number of anilines is 3. The molecule has 0 aliphatic carbocycles. The van der Waals surface area contributed by atoms with E-state index in [4.69, 9.17) is 5.73 Å². The zero-order valence-corrected chi connectivity index (χ0v) is 15.8. The molecule has 4 aromatic rings. The Morgan fingerprint density at radius 2 is 1.65 bits per heavy atom. The molecule has 4 N–H and O–H groups in total. The number of imidazole rings is 1. The van der Waals surface area contributed by atoms with Crippen molar-refractivity contribution in [1.29, 1.82) is 0 Å². The Labute approximate surface area is 171 Å². The van der Waals surface area contributed by atoms with E-state index in [0.717, 1.165) is 6.92 Å². The van der Waals surface area contributed by atoms with Gasteiger partial charge in [0, 0.05) is 16.9 Å². The van der Waals surface area contributed by atoms with Gasteiger partial charge in [0.15, 0.2) is 40.3 Å². The molecule has 0 bridgehead atoms. The lowest BCUT2D eigenvalue weighted by atomic mass is 10.1. The van der Waals surface area contributed by atoms with Crippen molar-refractivity contribution >= 4 is 34.4 Å². The molecule has 0 radical (unpaired) electrons. The van der Waals surface area contributed by atoms with Gasteiger partial charge in [0.25, 0.3) is 0 Å². The summed E-state index contributed by atoms with van der Waals surface area (Å²) in [6.45, 7) is 0.924. The van der Waals surface area contributed by atoms with Crippen molar-refractivity contribution in [2.75, 3.05) is 16.4 Å². The van der Waals surface area contributed by atoms with Crippen molar-refractivity contribution in [3.05, 3.63) is 65.8 Å². The van der Waals surface area contributed by atoms with Gasteiger partial charge in [-0.05, 0) is 31.2 Å². The molecule has 2 amide bonds. The average molecular weight is 431 g/mol. The van der Waals surface area contributed by atoms with Gasteiger partial charge in [-0.15, -0.1) is 0 Å². The first-order valence-corrected chi connectivity index (χ1v) is 8.72. The van der Waals surface area contributed by atoms with Crippen molar-refractivity contribution in [2.24, 2.45) is 0 Å². The Morgan fingerprint density at radius 3 is 2.35 bits per heavy atom. The Morgan fingerprint density at radius 1 is 0.935 bits per heavy atom. The standard InChI is InChI=1S/C19H13F4N7O/c1-8-11(20)13(22)14(23)15(12(8)21)29-19(31)28-9-2-4-10(5-3-9)30-7-27-16-17(24)25-6-26-18(16)30/h2-7H,1H3,(H2,24,25,26)(H2,28,29,31). The predicted octanol–water partition coefficient (Wildman–Crippen LogP) is 3.91. The van der Waals surface area contributed by atoms with Crippen LogP contribution in [0.5, 0.6) is 0 Å². The minimum atomic E-state index is -1.88. The number of benzene rings is 2. The smallest absolute Gasteiger partial charge is 0.323 e. The Bertz CT molecular complexity index is 1290. The summed E-state index contributed by atoms with van der Waals surface area (Å²) < 4.78 is 56.4. The minimum Gasteiger partial charge on any atom is -0.382 e. The summed E-state index contributed by atoms with van der Waals surface area (Å²) in [4.78, 5) is 24.3. The molecule has 31 heavy (non-hydrogen) atoms. The van der Waals surface area contributed by atoms with Gasteiger partial charge in [0.05, 0.1) is 0 Å². The normalized spacial score (nSPS) is 11.0. The number of aromatic nitrogens is 4. The highest BCUT2D eigenvalue weighted by Crippen LogP contribution is 2.28. The Balaban J connectivity index is 1.54. The Kier molecular flexibility index (Phi) is 4.89. The molecule has 0 fully saturated rings. The van der Waals surface area contributed by atoms with Crippen LogP contribution in [-0.2, 0) is 0 Å². The van der Waals surface area contributed by atoms with Gasteiger partial charge < -0.3 is 16.4 Å². The molecule has 0 saturated heterocycles. The molecule has 2 aromatic heterocycles. The predicted molar refractivity (Wildman–Crippen MR) is 105 cm³/mol. The first-order valence-electron chi connectivity index (χ1n) is 8.72. The number of nitrogens with two attached hydrogens (primary N) is 1. The molecule has 0 saturated carbocycles. The third-order valence-electron chi connectivity index (χ3n) is 4.49. The van der Waals surface area contributed by atoms with Gasteiger partial charge in [0.2, 0.25) is 0 Å². The number of rotatable bonds is 3. The quantitative estimate of drug-likeness (QED) is 0.259. The van der Waals surface area contributed by atoms with Gasteiger partial charge in [-0.3, -0.25) is 4.57 Å². The highest BCUT2D eigenvalue weighted by Gasteiger charge is 2.24. The summed E-state index contributed by atoms with van der Waals surface area (Å²) in [5.41, 5.74) is 5.72. The third-order valence-corrected chi connectivity index (χ3v) is 4.49. The van der Waals surface area contributed by atoms with E-state index in [1.54, 1.807) is 16.7 Å². The molecular formula is C19H13F4N7O. The number of nitrogens with one attached hydrogen (secondary N) is 2. The maximum absolute atomic E-state index is 14.1. The van der Waals surface area contributed by atoms with E-state index in [0.29, 0.717) is 16.9 Å². The largest absolute Gasteiger partial charge is 0.382 e. The third kappa shape index (κ3) is 3.47. The van der Waals surface area contributed by atoms with Gasteiger partial charge >= 0.3 is 6.03 Å². The zero-order valence-electron chi connectivity index (χ0n) is 15.8. The number of carbonyl (C=O) groups is 1. The summed E-state index contributed by atoms with van der Waals surface area (Å²) in [6.07, 6.45) is 2.80. The summed E-state index contributed by atoms with van der Waals surface area (Å²) in [7, 11) is 0. The number of nitrogens with zero attached hydrogens (tertiary/aromatic N) is 4. The molecule has 4 rings (SSSR count). The number of fused-ring (bicyclic) bond motifs is 1. The van der Waals surface area contributed by atoms with Crippen LogP contribution in [0, 0.1) is 30.2 Å². The molecule has 2 aromatic carbocycles. The molecule has 0 atom stereocenters. The van der Waals surface area contributed by atoms with Crippen LogP contribution in [0.3, 0.4) is 0 Å². The molecule has 0 aliphatic heterocycles. The zero-order chi connectivity index (χ0) is 22.3. The molecule has 2 heterocycles. The van der Waals surface area contributed by atoms with Crippen LogP contribution in [0.4, 0.5) is 39.5 Å². The van der Waals surface area contributed by atoms with Crippen molar-refractivity contribution in [2.45, 2.75) is 6.92 Å². The second-order valence-electron chi connectivity index (χ2n) is 6.43. The molecule has 0 spiro atoms. The maximum Gasteiger partial charge on any atom is 0.323 e. The number of amides is 2. The molecule has 0 unspecified atom stereocenters. The average Bonchev–Trinajstić information content (AvgIpc) is 3.20. The van der Waals surface area contributed by atoms with Gasteiger partial charge in [-0.2, -0.15) is 0 Å². The summed E-state index contributed by atoms with van der Waals surface area (Å²) in [6, 6.07) is 5.21. The summed E-state index contributed by atoms with van der Waals surface area (Å²) in [5, 5.41) is 4.20. The van der Waals surface area contributed by atoms with Crippen LogP contribution in [0.25, 0.3) is 16.9 Å². The molecule has 12 heteroatoms. The number of hydrogen-bond acceptors (Lipinski definition) is 5. The van der Waals surface area contributed by atoms with Crippen LogP contribution in [0.15, 0.2) is 36.9 Å². The van der Waals surface area contributed by atoms with Crippen molar-refractivity contribution in [1.82, 2.24) is 19.5 Å². The number of urea groups is 1. The first-order chi connectivity index (χ1) is 14.8. The molecular weight excluding hydrogens is 418 g/mol. The first kappa shape index (κ1) is 20.1. The van der Waals surface area contributed by atoms with Gasteiger partial charge in [0.1, 0.15) is 18.3 Å². The summed E-state index contributed by atoms with van der Waals surface area (Å²) >= 11 is 0. The van der Waals surface area contributed by atoms with E-state index >= 15 is 0 Å². The fraction of sp³-hybridized carbons (Fsp3) is 0.0526. The molecule has 8 nitrogen and oxygen atoms in total. The van der Waals surface area contributed by atoms with Crippen molar-refractivity contribution in [3.8, 4) is 5.69 Å². The van der Waals surface area contributed by atoms with Crippen LogP contribution in [0.1, 0.15) is 5.56 Å². The Hall–Kier alpha value is -4.22. The second-order valence-corrected chi connectivity index (χ2v) is 6.43. The van der Waals surface area contributed by atoms with E-state index < -0.39 is 40.6 Å². The lowest BCUT2D eigenvalue weighted by Gasteiger charge is -2.12. The van der Waals surface area contributed by atoms with Gasteiger partial charge in [-0.1, -0.05) is 0 Å². The van der Waals surface area contributed by atoms with Crippen molar-refractivity contribution in [3.63, 3.8) is 0 Å². The monoisotopic (exact) mass is 431 g/mol. The van der Waals surface area contributed by atoms with Crippen LogP contribution < -0.4 is 16.4 Å². The number of nitrogen functional groups attached to an aromatic ring is 1. The highest BCUT2D eigenvalue weighted by molar-refractivity contribution is 6.00. The van der Waals surface area contributed by atoms with E-state index in [2.05, 4.69) is 20.3 Å². The van der Waals surface area contributed by atoms with Crippen LogP contribution in [0.2, 0.25) is 0 Å². The SMILES string of the molecule is Cc1c(F)c(F)c(F)c(NC(=O)Nc2ccc(-n3cnc4c(N)ncnc43)cc2)c1F. The highest BCUT2D eigenvalue weighted by atomic mass is 19.2. The van der Waals surface area contributed by atoms with E-state index in [-0.39, 0.29) is 11.5 Å². The second kappa shape index (κ2) is 7.55. The lowest BCUT2D eigenvalue weighted by Crippen LogP contribution is -2.22. The fourth-order valence-corrected chi connectivity index (χ4v) is 2.88. The number of hydrogen-bond donors (Lipinski definition) is 3. The fourth-order valence-electron chi connectivity index (χ4n) is 2.88. The number of halogens is 4. The molecule has 0 aliphatic rings.